The number of nitrogens with zero attached hydrogens (tertiary/aromatic N) is 5. The maximum absolute atomic E-state index is 13.7. The molecule has 1 saturated carbocycles. The minimum Gasteiger partial charge on any atom is -0.393 e. The minimum absolute atomic E-state index is 0.167. The Morgan fingerprint density at radius 3 is 2.47 bits per heavy atom. The van der Waals surface area contributed by atoms with Crippen LogP contribution in [0.15, 0.2) is 24.5 Å². The third-order valence-electron chi connectivity index (χ3n) is 7.12. The monoisotopic (exact) mass is 503 g/mol. The maximum atomic E-state index is 13.7. The molecule has 1 atom stereocenters. The van der Waals surface area contributed by atoms with Gasteiger partial charge in [-0.3, -0.25) is 14.8 Å². The summed E-state index contributed by atoms with van der Waals surface area (Å²) in [6.45, 7) is 6.64. The summed E-state index contributed by atoms with van der Waals surface area (Å²) in [6.07, 6.45) is 6.13. The number of halogens is 2. The van der Waals surface area contributed by atoms with E-state index in [1.165, 1.54) is 0 Å². The summed E-state index contributed by atoms with van der Waals surface area (Å²) >= 11 is 0. The topological polar surface area (TPSA) is 89.4 Å². The molecule has 2 aliphatic rings. The van der Waals surface area contributed by atoms with Gasteiger partial charge < -0.3 is 15.7 Å². The number of anilines is 2. The molecule has 36 heavy (non-hydrogen) atoms. The van der Waals surface area contributed by atoms with Crippen molar-refractivity contribution in [2.45, 2.75) is 63.9 Å². The Morgan fingerprint density at radius 1 is 1.06 bits per heavy atom. The van der Waals surface area contributed by atoms with Gasteiger partial charge in [0.1, 0.15) is 18.7 Å². The quantitative estimate of drug-likeness (QED) is 0.429. The predicted molar refractivity (Wildman–Crippen MR) is 139 cm³/mol. The number of alkyl halides is 2. The zero-order chi connectivity index (χ0) is 25.3. The standard InChI is InChI=1S/C26H39F2N7O/c1-2-20(28)16-30-26-31-17-23(25(33-26)32-21-4-6-22(36)7-5-21)24-8-3-19(15-29-24)18-35-13-11-34(10-9-27)12-14-35/h3,8,15,17,20-22,36H,2,4-7,9-14,16,18H2,1H3,(H2,30,31,32,33)/t20-,21?,22?/m0/s1. The number of aliphatic hydroxyl groups excluding tert-OH is 1. The fourth-order valence-electron chi connectivity index (χ4n) is 4.75. The van der Waals surface area contributed by atoms with Crippen LogP contribution >= 0.6 is 0 Å². The summed E-state index contributed by atoms with van der Waals surface area (Å²) in [7, 11) is 0. The zero-order valence-electron chi connectivity index (χ0n) is 21.2. The lowest BCUT2D eigenvalue weighted by Gasteiger charge is -2.34. The van der Waals surface area contributed by atoms with Crippen molar-refractivity contribution in [1.29, 1.82) is 0 Å². The fraction of sp³-hybridized carbons (Fsp3) is 0.654. The van der Waals surface area contributed by atoms with Gasteiger partial charge in [0, 0.05) is 64.2 Å². The van der Waals surface area contributed by atoms with Gasteiger partial charge in [-0.1, -0.05) is 13.0 Å². The van der Waals surface area contributed by atoms with E-state index in [1.54, 1.807) is 6.20 Å². The molecule has 1 saturated heterocycles. The van der Waals surface area contributed by atoms with Crippen LogP contribution in [0.1, 0.15) is 44.6 Å². The van der Waals surface area contributed by atoms with E-state index < -0.39 is 6.17 Å². The van der Waals surface area contributed by atoms with Crippen LogP contribution in [0, 0.1) is 0 Å². The predicted octanol–water partition coefficient (Wildman–Crippen LogP) is 3.50. The molecule has 2 aromatic heterocycles. The van der Waals surface area contributed by atoms with Gasteiger partial charge in [0.2, 0.25) is 5.95 Å². The summed E-state index contributed by atoms with van der Waals surface area (Å²) in [5.74, 6) is 1.06. The number of pyridine rings is 1. The molecule has 0 aromatic carbocycles. The van der Waals surface area contributed by atoms with Gasteiger partial charge in [-0.2, -0.15) is 4.98 Å². The molecule has 2 aromatic rings. The molecular formula is C26H39F2N7O. The third kappa shape index (κ3) is 7.54. The smallest absolute Gasteiger partial charge is 0.224 e. The summed E-state index contributed by atoms with van der Waals surface area (Å²) in [5.41, 5.74) is 2.69. The van der Waals surface area contributed by atoms with Gasteiger partial charge in [0.15, 0.2) is 0 Å². The van der Waals surface area contributed by atoms with Crippen molar-refractivity contribution in [3.05, 3.63) is 30.1 Å². The van der Waals surface area contributed by atoms with Crippen molar-refractivity contribution in [2.75, 3.05) is 56.6 Å². The van der Waals surface area contributed by atoms with Gasteiger partial charge >= 0.3 is 0 Å². The Balaban J connectivity index is 1.45. The van der Waals surface area contributed by atoms with E-state index in [-0.39, 0.29) is 25.4 Å². The number of hydrogen-bond donors (Lipinski definition) is 3. The van der Waals surface area contributed by atoms with Crippen LogP contribution in [0.2, 0.25) is 0 Å². The van der Waals surface area contributed by atoms with E-state index in [0.717, 1.165) is 75.2 Å². The summed E-state index contributed by atoms with van der Waals surface area (Å²) in [6, 6.07) is 4.28. The molecule has 4 rings (SSSR count). The molecule has 8 nitrogen and oxygen atoms in total. The van der Waals surface area contributed by atoms with Crippen molar-refractivity contribution in [1.82, 2.24) is 24.8 Å². The highest BCUT2D eigenvalue weighted by Gasteiger charge is 2.22. The summed E-state index contributed by atoms with van der Waals surface area (Å²) < 4.78 is 26.3. The Labute approximate surface area is 212 Å². The number of aliphatic hydroxyl groups is 1. The van der Waals surface area contributed by atoms with E-state index >= 15 is 0 Å². The Kier molecular flexibility index (Phi) is 9.77. The van der Waals surface area contributed by atoms with Crippen LogP contribution in [0.4, 0.5) is 20.5 Å². The third-order valence-corrected chi connectivity index (χ3v) is 7.12. The molecular weight excluding hydrogens is 464 g/mol. The Hall–Kier alpha value is -2.43. The molecule has 3 N–H and O–H groups in total. The first-order valence-corrected chi connectivity index (χ1v) is 13.2. The average molecular weight is 504 g/mol. The Bertz CT molecular complexity index is 932. The molecule has 3 heterocycles. The normalized spacial score (nSPS) is 22.3. The number of aromatic nitrogens is 3. The Morgan fingerprint density at radius 2 is 1.81 bits per heavy atom. The van der Waals surface area contributed by atoms with E-state index in [1.807, 2.05) is 19.2 Å². The first kappa shape index (κ1) is 26.6. The summed E-state index contributed by atoms with van der Waals surface area (Å²) in [4.78, 5) is 18.3. The van der Waals surface area contributed by atoms with Crippen molar-refractivity contribution >= 4 is 11.8 Å². The van der Waals surface area contributed by atoms with E-state index in [4.69, 9.17) is 4.98 Å². The van der Waals surface area contributed by atoms with E-state index in [2.05, 4.69) is 36.5 Å². The van der Waals surface area contributed by atoms with Crippen molar-refractivity contribution in [3.63, 3.8) is 0 Å². The number of piperazine rings is 1. The average Bonchev–Trinajstić information content (AvgIpc) is 2.90. The molecule has 1 aliphatic heterocycles. The van der Waals surface area contributed by atoms with Crippen molar-refractivity contribution < 1.29 is 13.9 Å². The van der Waals surface area contributed by atoms with Gasteiger partial charge in [-0.25, -0.2) is 13.8 Å². The van der Waals surface area contributed by atoms with Crippen molar-refractivity contribution in [3.8, 4) is 11.3 Å². The second-order valence-electron chi connectivity index (χ2n) is 9.85. The van der Waals surface area contributed by atoms with E-state index in [0.29, 0.717) is 24.7 Å². The van der Waals surface area contributed by atoms with Gasteiger partial charge in [0.25, 0.3) is 0 Å². The highest BCUT2D eigenvalue weighted by molar-refractivity contribution is 5.73. The highest BCUT2D eigenvalue weighted by atomic mass is 19.1. The van der Waals surface area contributed by atoms with Crippen LogP contribution in [0.3, 0.4) is 0 Å². The van der Waals surface area contributed by atoms with Gasteiger partial charge in [-0.15, -0.1) is 0 Å². The molecule has 10 heteroatoms. The van der Waals surface area contributed by atoms with Crippen LogP contribution in [0.25, 0.3) is 11.3 Å². The minimum atomic E-state index is -0.953. The molecule has 1 aliphatic carbocycles. The van der Waals surface area contributed by atoms with Gasteiger partial charge in [-0.05, 0) is 43.7 Å². The number of hydrogen-bond acceptors (Lipinski definition) is 8. The fourth-order valence-corrected chi connectivity index (χ4v) is 4.75. The SMILES string of the molecule is CC[C@H](F)CNc1ncc(-c2ccc(CN3CCN(CCF)CC3)cn2)c(NC2CCC(O)CC2)n1. The van der Waals surface area contributed by atoms with Crippen LogP contribution < -0.4 is 10.6 Å². The zero-order valence-corrected chi connectivity index (χ0v) is 21.2. The lowest BCUT2D eigenvalue weighted by Crippen LogP contribution is -2.46. The molecule has 2 fully saturated rings. The largest absolute Gasteiger partial charge is 0.393 e. The second kappa shape index (κ2) is 13.2. The van der Waals surface area contributed by atoms with Gasteiger partial charge in [0.05, 0.1) is 17.4 Å². The lowest BCUT2D eigenvalue weighted by atomic mass is 9.93. The van der Waals surface area contributed by atoms with Crippen LogP contribution in [-0.2, 0) is 6.54 Å². The van der Waals surface area contributed by atoms with Crippen LogP contribution in [0.5, 0.6) is 0 Å². The molecule has 0 radical (unpaired) electrons. The summed E-state index contributed by atoms with van der Waals surface area (Å²) in [5, 5.41) is 16.4. The first-order valence-electron chi connectivity index (χ1n) is 13.2. The lowest BCUT2D eigenvalue weighted by molar-refractivity contribution is 0.121. The maximum Gasteiger partial charge on any atom is 0.224 e. The molecule has 198 valence electrons. The van der Waals surface area contributed by atoms with Crippen molar-refractivity contribution in [2.24, 2.45) is 0 Å². The molecule has 0 unspecified atom stereocenters. The molecule has 0 bridgehead atoms. The first-order chi connectivity index (χ1) is 17.5. The highest BCUT2D eigenvalue weighted by Crippen LogP contribution is 2.29. The van der Waals surface area contributed by atoms with E-state index in [9.17, 15) is 13.9 Å². The number of nitrogens with one attached hydrogen (secondary N) is 2. The number of rotatable bonds is 11. The molecule has 0 spiro atoms. The molecule has 0 amide bonds. The van der Waals surface area contributed by atoms with Crippen LogP contribution in [-0.4, -0.2) is 94.1 Å². The second-order valence-corrected chi connectivity index (χ2v) is 9.85.